The van der Waals surface area contributed by atoms with E-state index < -0.39 is 18.3 Å². The molecule has 0 bridgehead atoms. The van der Waals surface area contributed by atoms with Crippen LogP contribution in [0.15, 0.2) is 40.8 Å². The van der Waals surface area contributed by atoms with E-state index in [9.17, 15) is 13.6 Å². The molecule has 0 saturated carbocycles. The molecule has 1 aromatic heterocycles. The van der Waals surface area contributed by atoms with Crippen LogP contribution in [0.3, 0.4) is 0 Å². The molecule has 23 heavy (non-hydrogen) atoms. The Morgan fingerprint density at radius 1 is 1.22 bits per heavy atom. The highest BCUT2D eigenvalue weighted by Gasteiger charge is 2.07. The number of benzene rings is 1. The van der Waals surface area contributed by atoms with E-state index >= 15 is 0 Å². The van der Waals surface area contributed by atoms with Crippen molar-refractivity contribution >= 4 is 29.0 Å². The fourth-order valence-corrected chi connectivity index (χ4v) is 2.28. The molecule has 0 radical (unpaired) electrons. The number of rotatable bonds is 8. The lowest BCUT2D eigenvalue weighted by Crippen LogP contribution is -2.15. The van der Waals surface area contributed by atoms with E-state index in [1.165, 1.54) is 0 Å². The van der Waals surface area contributed by atoms with Gasteiger partial charge in [0, 0.05) is 11.4 Å². The highest BCUT2D eigenvalue weighted by Crippen LogP contribution is 2.22. The number of hydrogen-bond donors (Lipinski definition) is 3. The lowest BCUT2D eigenvalue weighted by atomic mass is 10.2. The van der Waals surface area contributed by atoms with Gasteiger partial charge in [-0.3, -0.25) is 4.79 Å². The van der Waals surface area contributed by atoms with Gasteiger partial charge in [-0.05, 0) is 30.3 Å². The van der Waals surface area contributed by atoms with E-state index in [0.29, 0.717) is 35.5 Å². The summed E-state index contributed by atoms with van der Waals surface area (Å²) in [7, 11) is 0. The second kappa shape index (κ2) is 8.54. The molecule has 0 spiro atoms. The third-order valence-corrected chi connectivity index (χ3v) is 3.53. The van der Waals surface area contributed by atoms with Crippen molar-refractivity contribution in [1.82, 2.24) is 0 Å². The average Bonchev–Trinajstić information content (AvgIpc) is 2.99. The summed E-state index contributed by atoms with van der Waals surface area (Å²) in [5.41, 5.74) is 1.31. The molecule has 0 aliphatic rings. The van der Waals surface area contributed by atoms with Crippen molar-refractivity contribution in [2.45, 2.75) is 18.1 Å². The van der Waals surface area contributed by atoms with Gasteiger partial charge in [-0.2, -0.15) is 8.78 Å². The minimum absolute atomic E-state index is 0.125. The number of thioether (sulfide) groups is 1. The normalized spacial score (nSPS) is 10.8. The lowest BCUT2D eigenvalue weighted by molar-refractivity contribution is -0.118. The number of carbonyl (C=O) groups is 1. The molecule has 2 aromatic rings. The van der Waals surface area contributed by atoms with Crippen molar-refractivity contribution in [2.24, 2.45) is 0 Å². The molecule has 5 nitrogen and oxygen atoms in total. The maximum Gasteiger partial charge on any atom is 0.284 e. The Hall–Kier alpha value is -2.06. The highest BCUT2D eigenvalue weighted by molar-refractivity contribution is 7.98. The topological polar surface area (TPSA) is 74.5 Å². The van der Waals surface area contributed by atoms with Crippen molar-refractivity contribution in [2.75, 3.05) is 17.2 Å². The standard InChI is InChI=1S/C15H16F2N2O3S/c16-15(17)23-9-13-5-4-12(22-13)7-18-10-2-1-3-11(6-10)19-14(21)8-20/h1-6,15,18,20H,7-9H2,(H,19,21). The van der Waals surface area contributed by atoms with E-state index in [0.717, 1.165) is 5.69 Å². The van der Waals surface area contributed by atoms with Gasteiger partial charge in [-0.1, -0.05) is 17.8 Å². The first-order valence-electron chi connectivity index (χ1n) is 6.79. The Morgan fingerprint density at radius 2 is 1.96 bits per heavy atom. The Morgan fingerprint density at radius 3 is 2.70 bits per heavy atom. The summed E-state index contributed by atoms with van der Waals surface area (Å²) in [5, 5.41) is 14.4. The summed E-state index contributed by atoms with van der Waals surface area (Å²) in [6, 6.07) is 10.4. The number of carbonyl (C=O) groups excluding carboxylic acids is 1. The number of aliphatic hydroxyl groups is 1. The summed E-state index contributed by atoms with van der Waals surface area (Å²) >= 11 is 0.514. The minimum Gasteiger partial charge on any atom is -0.463 e. The first-order chi connectivity index (χ1) is 11.1. The van der Waals surface area contributed by atoms with Gasteiger partial charge < -0.3 is 20.2 Å². The maximum atomic E-state index is 12.1. The zero-order valence-corrected chi connectivity index (χ0v) is 12.9. The van der Waals surface area contributed by atoms with Gasteiger partial charge in [0.25, 0.3) is 5.76 Å². The molecular formula is C15H16F2N2O3S. The average molecular weight is 342 g/mol. The molecule has 1 amide bonds. The molecule has 2 rings (SSSR count). The number of furan rings is 1. The van der Waals surface area contributed by atoms with Gasteiger partial charge >= 0.3 is 0 Å². The SMILES string of the molecule is O=C(CO)Nc1cccc(NCc2ccc(CSC(F)F)o2)c1. The zero-order valence-electron chi connectivity index (χ0n) is 12.1. The number of aliphatic hydroxyl groups excluding tert-OH is 1. The zero-order chi connectivity index (χ0) is 16.7. The van der Waals surface area contributed by atoms with E-state index in [1.807, 2.05) is 6.07 Å². The minimum atomic E-state index is -2.42. The molecule has 1 heterocycles. The molecule has 3 N–H and O–H groups in total. The maximum absolute atomic E-state index is 12.1. The first-order valence-corrected chi connectivity index (χ1v) is 7.83. The summed E-state index contributed by atoms with van der Waals surface area (Å²) in [6.07, 6.45) is 0. The third-order valence-electron chi connectivity index (χ3n) is 2.83. The quantitative estimate of drug-likeness (QED) is 0.686. The van der Waals surface area contributed by atoms with Crippen molar-refractivity contribution in [3.63, 3.8) is 0 Å². The van der Waals surface area contributed by atoms with Gasteiger partial charge in [-0.15, -0.1) is 0 Å². The summed E-state index contributed by atoms with van der Waals surface area (Å²) in [4.78, 5) is 11.1. The molecule has 0 aliphatic heterocycles. The van der Waals surface area contributed by atoms with Gasteiger partial charge in [0.2, 0.25) is 5.91 Å². The molecule has 8 heteroatoms. The Kier molecular flexibility index (Phi) is 6.42. The monoisotopic (exact) mass is 342 g/mol. The van der Waals surface area contributed by atoms with Crippen LogP contribution in [0.5, 0.6) is 0 Å². The van der Waals surface area contributed by atoms with Crippen molar-refractivity contribution in [3.8, 4) is 0 Å². The smallest absolute Gasteiger partial charge is 0.284 e. The third kappa shape index (κ3) is 5.91. The van der Waals surface area contributed by atoms with Gasteiger partial charge in [-0.25, -0.2) is 0 Å². The van der Waals surface area contributed by atoms with Crippen molar-refractivity contribution < 1.29 is 23.1 Å². The predicted octanol–water partition coefficient (Wildman–Crippen LogP) is 3.28. The molecule has 1 aromatic carbocycles. The van der Waals surface area contributed by atoms with Crippen LogP contribution < -0.4 is 10.6 Å². The number of halogens is 2. The van der Waals surface area contributed by atoms with Gasteiger partial charge in [0.1, 0.15) is 18.1 Å². The number of amides is 1. The lowest BCUT2D eigenvalue weighted by Gasteiger charge is -2.08. The second-order valence-electron chi connectivity index (χ2n) is 4.58. The van der Waals surface area contributed by atoms with Crippen LogP contribution in [-0.4, -0.2) is 23.4 Å². The summed E-state index contributed by atoms with van der Waals surface area (Å²) in [6.45, 7) is -0.194. The van der Waals surface area contributed by atoms with Gasteiger partial charge in [0.05, 0.1) is 12.3 Å². The summed E-state index contributed by atoms with van der Waals surface area (Å²) < 4.78 is 29.7. The Balaban J connectivity index is 1.88. The predicted molar refractivity (Wildman–Crippen MR) is 85.5 cm³/mol. The van der Waals surface area contributed by atoms with Crippen molar-refractivity contribution in [1.29, 1.82) is 0 Å². The molecule has 0 atom stereocenters. The first kappa shape index (κ1) is 17.3. The number of anilines is 2. The van der Waals surface area contributed by atoms with Crippen LogP contribution in [0.25, 0.3) is 0 Å². The fourth-order valence-electron chi connectivity index (χ4n) is 1.84. The van der Waals surface area contributed by atoms with Gasteiger partial charge in [0.15, 0.2) is 0 Å². The van der Waals surface area contributed by atoms with Crippen LogP contribution in [0.2, 0.25) is 0 Å². The van der Waals surface area contributed by atoms with Crippen LogP contribution in [0, 0.1) is 0 Å². The molecular weight excluding hydrogens is 326 g/mol. The van der Waals surface area contributed by atoms with Crippen molar-refractivity contribution in [3.05, 3.63) is 47.9 Å². The van der Waals surface area contributed by atoms with Crippen LogP contribution in [0.4, 0.5) is 20.2 Å². The highest BCUT2D eigenvalue weighted by atomic mass is 32.2. The Labute approximate surface area is 136 Å². The molecule has 0 fully saturated rings. The van der Waals surface area contributed by atoms with E-state index in [2.05, 4.69) is 10.6 Å². The largest absolute Gasteiger partial charge is 0.463 e. The number of hydrogen-bond acceptors (Lipinski definition) is 5. The summed E-state index contributed by atoms with van der Waals surface area (Å²) in [5.74, 6) is -1.66. The van der Waals surface area contributed by atoms with E-state index in [1.54, 1.807) is 30.3 Å². The number of nitrogens with one attached hydrogen (secondary N) is 2. The number of alkyl halides is 2. The molecule has 0 saturated heterocycles. The van der Waals surface area contributed by atoms with E-state index in [-0.39, 0.29) is 5.75 Å². The van der Waals surface area contributed by atoms with Crippen LogP contribution >= 0.6 is 11.8 Å². The fraction of sp³-hybridized carbons (Fsp3) is 0.267. The second-order valence-corrected chi connectivity index (χ2v) is 5.56. The van der Waals surface area contributed by atoms with Crippen LogP contribution in [-0.2, 0) is 17.1 Å². The molecule has 124 valence electrons. The molecule has 0 aliphatic carbocycles. The Bertz CT molecular complexity index is 649. The molecule has 0 unspecified atom stereocenters. The van der Waals surface area contributed by atoms with Crippen LogP contribution in [0.1, 0.15) is 11.5 Å². The van der Waals surface area contributed by atoms with E-state index in [4.69, 9.17) is 9.52 Å².